The van der Waals surface area contributed by atoms with Crippen molar-refractivity contribution < 1.29 is 9.47 Å². The zero-order valence-electron chi connectivity index (χ0n) is 11.0. The summed E-state index contributed by atoms with van der Waals surface area (Å²) in [5, 5.41) is 8.86. The average molecular weight is 267 g/mol. The van der Waals surface area contributed by atoms with Crippen molar-refractivity contribution in [2.75, 3.05) is 24.5 Å². The summed E-state index contributed by atoms with van der Waals surface area (Å²) in [7, 11) is 1.91. The maximum Gasteiger partial charge on any atom is 0.231 e. The van der Waals surface area contributed by atoms with E-state index in [9.17, 15) is 0 Å². The highest BCUT2D eigenvalue weighted by molar-refractivity contribution is 5.76. The lowest BCUT2D eigenvalue weighted by atomic mass is 10.1. The van der Waals surface area contributed by atoms with Gasteiger partial charge in [0, 0.05) is 18.8 Å². The smallest absolute Gasteiger partial charge is 0.231 e. The lowest BCUT2D eigenvalue weighted by Gasteiger charge is -2.21. The van der Waals surface area contributed by atoms with Gasteiger partial charge in [0.15, 0.2) is 11.5 Å². The molecule has 0 bridgehead atoms. The van der Waals surface area contributed by atoms with Gasteiger partial charge in [-0.05, 0) is 30.3 Å². The second kappa shape index (κ2) is 4.67. The van der Waals surface area contributed by atoms with Crippen molar-refractivity contribution in [2.45, 2.75) is 0 Å². The van der Waals surface area contributed by atoms with Crippen molar-refractivity contribution in [1.29, 1.82) is 5.26 Å². The molecule has 2 N–H and O–H groups in total. The Labute approximate surface area is 116 Å². The number of nitrogens with zero attached hydrogens (tertiary/aromatic N) is 2. The van der Waals surface area contributed by atoms with E-state index in [0.717, 1.165) is 22.9 Å². The van der Waals surface area contributed by atoms with Crippen LogP contribution in [0.4, 0.5) is 17.1 Å². The second-order valence-corrected chi connectivity index (χ2v) is 4.48. The molecule has 1 heterocycles. The molecule has 0 unspecified atom stereocenters. The molecule has 0 amide bonds. The fourth-order valence-electron chi connectivity index (χ4n) is 2.16. The number of nitrogen functional groups attached to an aromatic ring is 1. The minimum Gasteiger partial charge on any atom is -0.454 e. The molecule has 0 saturated heterocycles. The fourth-order valence-corrected chi connectivity index (χ4v) is 2.16. The van der Waals surface area contributed by atoms with Crippen LogP contribution >= 0.6 is 0 Å². The summed E-state index contributed by atoms with van der Waals surface area (Å²) in [6.45, 7) is 0.251. The molecule has 100 valence electrons. The molecule has 0 fully saturated rings. The molecule has 5 heteroatoms. The molecule has 3 rings (SSSR count). The number of anilines is 3. The molecule has 2 aromatic rings. The molecule has 2 aromatic carbocycles. The molecule has 0 spiro atoms. The van der Waals surface area contributed by atoms with E-state index in [1.54, 1.807) is 12.1 Å². The molecule has 0 radical (unpaired) electrons. The normalized spacial score (nSPS) is 12.0. The van der Waals surface area contributed by atoms with Gasteiger partial charge in [-0.3, -0.25) is 0 Å². The zero-order chi connectivity index (χ0) is 14.1. The quantitative estimate of drug-likeness (QED) is 0.847. The monoisotopic (exact) mass is 267 g/mol. The molecule has 1 aliphatic rings. The van der Waals surface area contributed by atoms with E-state index in [4.69, 9.17) is 20.5 Å². The van der Waals surface area contributed by atoms with E-state index in [1.807, 2.05) is 36.2 Å². The van der Waals surface area contributed by atoms with Crippen LogP contribution in [0.1, 0.15) is 5.56 Å². The number of hydrogen-bond donors (Lipinski definition) is 1. The number of nitrogens with two attached hydrogens (primary N) is 1. The highest BCUT2D eigenvalue weighted by Crippen LogP contribution is 2.38. The van der Waals surface area contributed by atoms with Gasteiger partial charge in [-0.2, -0.15) is 5.26 Å². The first-order chi connectivity index (χ1) is 9.69. The van der Waals surface area contributed by atoms with Crippen LogP contribution in [-0.2, 0) is 0 Å². The molecule has 5 nitrogen and oxygen atoms in total. The van der Waals surface area contributed by atoms with E-state index in [0.29, 0.717) is 11.3 Å². The Bertz CT molecular complexity index is 707. The van der Waals surface area contributed by atoms with Crippen LogP contribution in [0.15, 0.2) is 36.4 Å². The largest absolute Gasteiger partial charge is 0.454 e. The Hall–Kier alpha value is -2.87. The number of nitriles is 1. The van der Waals surface area contributed by atoms with Gasteiger partial charge in [0.25, 0.3) is 0 Å². The van der Waals surface area contributed by atoms with Gasteiger partial charge in [0.05, 0.1) is 23.0 Å². The maximum atomic E-state index is 8.86. The Morgan fingerprint density at radius 1 is 1.15 bits per heavy atom. The first-order valence-electron chi connectivity index (χ1n) is 6.12. The van der Waals surface area contributed by atoms with Crippen molar-refractivity contribution >= 4 is 17.1 Å². The Morgan fingerprint density at radius 3 is 2.70 bits per heavy atom. The molecule has 20 heavy (non-hydrogen) atoms. The highest BCUT2D eigenvalue weighted by atomic mass is 16.7. The summed E-state index contributed by atoms with van der Waals surface area (Å²) < 4.78 is 10.7. The third kappa shape index (κ3) is 1.97. The van der Waals surface area contributed by atoms with Crippen LogP contribution in [0.3, 0.4) is 0 Å². The number of benzene rings is 2. The standard InChI is InChI=1S/C15H13N3O2/c1-18(13-4-2-10(8-16)6-12(13)17)11-3-5-14-15(7-11)20-9-19-14/h2-7H,9,17H2,1H3. The Morgan fingerprint density at radius 2 is 1.95 bits per heavy atom. The highest BCUT2D eigenvalue weighted by Gasteiger charge is 2.16. The van der Waals surface area contributed by atoms with Crippen molar-refractivity contribution in [3.63, 3.8) is 0 Å². The minimum atomic E-state index is 0.251. The Kier molecular flexibility index (Phi) is 2.84. The van der Waals surface area contributed by atoms with E-state index < -0.39 is 0 Å². The maximum absolute atomic E-state index is 8.86. The summed E-state index contributed by atoms with van der Waals surface area (Å²) in [4.78, 5) is 1.94. The van der Waals surface area contributed by atoms with Crippen molar-refractivity contribution in [2.24, 2.45) is 0 Å². The molecule has 0 aromatic heterocycles. The summed E-state index contributed by atoms with van der Waals surface area (Å²) >= 11 is 0. The predicted octanol–water partition coefficient (Wildman–Crippen LogP) is 2.64. The van der Waals surface area contributed by atoms with Crippen LogP contribution in [0, 0.1) is 11.3 Å². The molecular formula is C15H13N3O2. The van der Waals surface area contributed by atoms with Crippen LogP contribution in [0.5, 0.6) is 11.5 Å². The predicted molar refractivity (Wildman–Crippen MR) is 76.2 cm³/mol. The molecule has 1 aliphatic heterocycles. The third-order valence-corrected chi connectivity index (χ3v) is 3.26. The van der Waals surface area contributed by atoms with Crippen LogP contribution in [0.2, 0.25) is 0 Å². The fraction of sp³-hybridized carbons (Fsp3) is 0.133. The number of fused-ring (bicyclic) bond motifs is 1. The topological polar surface area (TPSA) is 71.5 Å². The number of ether oxygens (including phenoxy) is 2. The summed E-state index contributed by atoms with van der Waals surface area (Å²) in [6.07, 6.45) is 0. The average Bonchev–Trinajstić information content (AvgIpc) is 2.93. The van der Waals surface area contributed by atoms with Gasteiger partial charge in [0.1, 0.15) is 0 Å². The van der Waals surface area contributed by atoms with Gasteiger partial charge in [0.2, 0.25) is 6.79 Å². The van der Waals surface area contributed by atoms with Gasteiger partial charge in [-0.15, -0.1) is 0 Å². The van der Waals surface area contributed by atoms with Crippen molar-refractivity contribution in [1.82, 2.24) is 0 Å². The van der Waals surface area contributed by atoms with Crippen LogP contribution in [0.25, 0.3) is 0 Å². The van der Waals surface area contributed by atoms with Crippen molar-refractivity contribution in [3.8, 4) is 17.6 Å². The lowest BCUT2D eigenvalue weighted by molar-refractivity contribution is 0.174. The molecular weight excluding hydrogens is 254 g/mol. The van der Waals surface area contributed by atoms with Crippen molar-refractivity contribution in [3.05, 3.63) is 42.0 Å². The lowest BCUT2D eigenvalue weighted by Crippen LogP contribution is -2.11. The summed E-state index contributed by atoms with van der Waals surface area (Å²) in [5.74, 6) is 1.47. The van der Waals surface area contributed by atoms with Crippen LogP contribution in [-0.4, -0.2) is 13.8 Å². The minimum absolute atomic E-state index is 0.251. The van der Waals surface area contributed by atoms with Gasteiger partial charge >= 0.3 is 0 Å². The van der Waals surface area contributed by atoms with Gasteiger partial charge in [-0.25, -0.2) is 0 Å². The van der Waals surface area contributed by atoms with Gasteiger partial charge in [-0.1, -0.05) is 0 Å². The number of rotatable bonds is 2. The second-order valence-electron chi connectivity index (χ2n) is 4.48. The SMILES string of the molecule is CN(c1ccc2c(c1)OCO2)c1ccc(C#N)cc1N. The third-order valence-electron chi connectivity index (χ3n) is 3.26. The first kappa shape index (κ1) is 12.2. The molecule has 0 atom stereocenters. The number of hydrogen-bond acceptors (Lipinski definition) is 5. The first-order valence-corrected chi connectivity index (χ1v) is 6.12. The molecule has 0 saturated carbocycles. The van der Waals surface area contributed by atoms with E-state index >= 15 is 0 Å². The molecule has 0 aliphatic carbocycles. The van der Waals surface area contributed by atoms with E-state index in [1.165, 1.54) is 0 Å². The summed E-state index contributed by atoms with van der Waals surface area (Å²) in [6, 6.07) is 13.0. The summed E-state index contributed by atoms with van der Waals surface area (Å²) in [5.41, 5.74) is 8.88. The van der Waals surface area contributed by atoms with Crippen LogP contribution < -0.4 is 20.1 Å². The van der Waals surface area contributed by atoms with Gasteiger partial charge < -0.3 is 20.1 Å². The Balaban J connectivity index is 1.96. The van der Waals surface area contributed by atoms with E-state index in [2.05, 4.69) is 6.07 Å². The van der Waals surface area contributed by atoms with E-state index in [-0.39, 0.29) is 6.79 Å². The zero-order valence-corrected chi connectivity index (χ0v) is 11.0.